The lowest BCUT2D eigenvalue weighted by Gasteiger charge is -1.89. The summed E-state index contributed by atoms with van der Waals surface area (Å²) < 4.78 is 0. The maximum atomic E-state index is 10.2. The molecule has 1 N–H and O–H groups in total. The van der Waals surface area contributed by atoms with E-state index in [0.717, 1.165) is 32.1 Å². The number of unbranched alkanes of at least 4 members (excludes halogenated alkanes) is 1. The number of rotatable bonds is 9. The molecule has 0 bridgehead atoms. The first kappa shape index (κ1) is 14.7. The van der Waals surface area contributed by atoms with E-state index >= 15 is 0 Å². The van der Waals surface area contributed by atoms with Crippen molar-refractivity contribution in [2.75, 3.05) is 0 Å². The maximum Gasteiger partial charge on any atom is 0.303 e. The third kappa shape index (κ3) is 12.7. The molecule has 0 rings (SSSR count). The number of carboxylic acids is 1. The molecule has 0 aliphatic heterocycles. The molecule has 0 aromatic rings. The highest BCUT2D eigenvalue weighted by molar-refractivity contribution is 5.66. The van der Waals surface area contributed by atoms with E-state index < -0.39 is 5.97 Å². The number of hydrogen-bond acceptors (Lipinski definition) is 1. The average Bonchev–Trinajstić information content (AvgIpc) is 2.25. The van der Waals surface area contributed by atoms with E-state index in [4.69, 9.17) is 5.11 Å². The number of carbonyl (C=O) groups is 1. The van der Waals surface area contributed by atoms with Crippen LogP contribution in [0.2, 0.25) is 0 Å². The monoisotopic (exact) mass is 222 g/mol. The number of allylic oxidation sites excluding steroid dienone is 6. The quantitative estimate of drug-likeness (QED) is 0.471. The van der Waals surface area contributed by atoms with Gasteiger partial charge in [-0.3, -0.25) is 4.79 Å². The second-order valence-corrected chi connectivity index (χ2v) is 3.58. The van der Waals surface area contributed by atoms with Gasteiger partial charge in [-0.2, -0.15) is 0 Å². The molecule has 0 aliphatic carbocycles. The van der Waals surface area contributed by atoms with Crippen molar-refractivity contribution in [2.24, 2.45) is 0 Å². The second kappa shape index (κ2) is 11.8. The Bertz CT molecular complexity index is 249. The highest BCUT2D eigenvalue weighted by Gasteiger charge is 1.92. The maximum absolute atomic E-state index is 10.2. The summed E-state index contributed by atoms with van der Waals surface area (Å²) in [7, 11) is 0. The van der Waals surface area contributed by atoms with Crippen molar-refractivity contribution >= 4 is 5.97 Å². The van der Waals surface area contributed by atoms with E-state index in [2.05, 4.69) is 43.4 Å². The van der Waals surface area contributed by atoms with Crippen LogP contribution in [0.1, 0.15) is 45.4 Å². The van der Waals surface area contributed by atoms with Crippen LogP contribution in [0.25, 0.3) is 0 Å². The zero-order valence-corrected chi connectivity index (χ0v) is 10.1. The van der Waals surface area contributed by atoms with Gasteiger partial charge in [-0.15, -0.1) is 0 Å². The predicted octanol–water partition coefficient (Wildman–Crippen LogP) is 4.10. The molecule has 0 amide bonds. The fraction of sp³-hybridized carbons (Fsp3) is 0.500. The van der Waals surface area contributed by atoms with Crippen molar-refractivity contribution in [2.45, 2.75) is 45.4 Å². The number of hydrogen-bond donors (Lipinski definition) is 1. The smallest absolute Gasteiger partial charge is 0.303 e. The third-order valence-corrected chi connectivity index (χ3v) is 2.04. The van der Waals surface area contributed by atoms with Gasteiger partial charge < -0.3 is 5.11 Å². The van der Waals surface area contributed by atoms with Crippen LogP contribution in [0.4, 0.5) is 0 Å². The Kier molecular flexibility index (Phi) is 10.8. The molecule has 0 aromatic carbocycles. The van der Waals surface area contributed by atoms with Gasteiger partial charge in [0.2, 0.25) is 0 Å². The van der Waals surface area contributed by atoms with E-state index in [9.17, 15) is 4.79 Å². The van der Waals surface area contributed by atoms with Gasteiger partial charge in [-0.25, -0.2) is 0 Å². The van der Waals surface area contributed by atoms with Crippen LogP contribution in [0, 0.1) is 0 Å². The molecule has 0 saturated carbocycles. The molecule has 0 unspecified atom stereocenters. The third-order valence-electron chi connectivity index (χ3n) is 2.04. The summed E-state index contributed by atoms with van der Waals surface area (Å²) in [5.74, 6) is -0.712. The first-order valence-corrected chi connectivity index (χ1v) is 5.94. The van der Waals surface area contributed by atoms with E-state index in [1.54, 1.807) is 0 Å². The largest absolute Gasteiger partial charge is 0.481 e. The van der Waals surface area contributed by atoms with Crippen LogP contribution in [0.3, 0.4) is 0 Å². The molecule has 90 valence electrons. The molecule has 0 heterocycles. The molecular formula is C14H22O2. The molecule has 0 saturated heterocycles. The molecule has 0 aromatic heterocycles. The molecule has 16 heavy (non-hydrogen) atoms. The fourth-order valence-electron chi connectivity index (χ4n) is 1.20. The summed E-state index contributed by atoms with van der Waals surface area (Å²) in [5, 5.41) is 8.42. The van der Waals surface area contributed by atoms with Crippen molar-refractivity contribution in [1.29, 1.82) is 0 Å². The van der Waals surface area contributed by atoms with E-state index in [0.29, 0.717) is 0 Å². The summed E-state index contributed by atoms with van der Waals surface area (Å²) in [6, 6.07) is 0. The number of aliphatic carboxylic acids is 1. The molecule has 0 atom stereocenters. The van der Waals surface area contributed by atoms with Crippen LogP contribution < -0.4 is 0 Å². The highest BCUT2D eigenvalue weighted by Crippen LogP contribution is 1.98. The minimum atomic E-state index is -0.712. The Hall–Kier alpha value is -1.31. The lowest BCUT2D eigenvalue weighted by atomic mass is 10.2. The molecule has 0 radical (unpaired) electrons. The summed E-state index contributed by atoms with van der Waals surface area (Å²) in [4.78, 5) is 10.2. The summed E-state index contributed by atoms with van der Waals surface area (Å²) in [6.45, 7) is 2.13. The van der Waals surface area contributed by atoms with Crippen LogP contribution in [0.15, 0.2) is 36.5 Å². The van der Waals surface area contributed by atoms with Crippen LogP contribution in [-0.4, -0.2) is 11.1 Å². The van der Waals surface area contributed by atoms with Crippen LogP contribution in [0.5, 0.6) is 0 Å². The average molecular weight is 222 g/mol. The normalized spacial score (nSPS) is 12.1. The van der Waals surface area contributed by atoms with Gasteiger partial charge in [-0.1, -0.05) is 43.4 Å². The van der Waals surface area contributed by atoms with Crippen LogP contribution >= 0.6 is 0 Å². The second-order valence-electron chi connectivity index (χ2n) is 3.58. The van der Waals surface area contributed by atoms with Crippen molar-refractivity contribution in [3.8, 4) is 0 Å². The zero-order chi connectivity index (χ0) is 12.1. The van der Waals surface area contributed by atoms with Crippen molar-refractivity contribution < 1.29 is 9.90 Å². The molecule has 0 spiro atoms. The predicted molar refractivity (Wildman–Crippen MR) is 68.4 cm³/mol. The minimum absolute atomic E-state index is 0.266. The van der Waals surface area contributed by atoms with Gasteiger partial charge in [0.05, 0.1) is 0 Å². The Morgan fingerprint density at radius 3 is 2.12 bits per heavy atom. The minimum Gasteiger partial charge on any atom is -0.481 e. The Morgan fingerprint density at radius 1 is 1.00 bits per heavy atom. The van der Waals surface area contributed by atoms with Gasteiger partial charge >= 0.3 is 5.97 Å². The van der Waals surface area contributed by atoms with E-state index in [1.165, 1.54) is 0 Å². The molecule has 2 nitrogen and oxygen atoms in total. The number of carboxylic acid groups (broad SMARTS) is 1. The molecule has 2 heteroatoms. The van der Waals surface area contributed by atoms with E-state index in [1.807, 2.05) is 0 Å². The first-order valence-electron chi connectivity index (χ1n) is 5.94. The first-order chi connectivity index (χ1) is 7.77. The molecule has 0 aliphatic rings. The standard InChI is InChI=1S/C14H22O2/c1-2-3-4-5-6-7-8-9-10-11-12-13-14(15)16/h3-4,6-7,9-10H,2,5,8,11-13H2,1H3,(H,15,16)/b4-3-,7-6-,10-9-. The Labute approximate surface area is 98.4 Å². The van der Waals surface area contributed by atoms with Crippen molar-refractivity contribution in [3.63, 3.8) is 0 Å². The molecule has 0 fully saturated rings. The SMILES string of the molecule is CC/C=C\C/C=C\C/C=C\CCCC(=O)O. The zero-order valence-electron chi connectivity index (χ0n) is 10.1. The van der Waals surface area contributed by atoms with Gasteiger partial charge in [0.15, 0.2) is 0 Å². The Morgan fingerprint density at radius 2 is 1.56 bits per heavy atom. The van der Waals surface area contributed by atoms with Gasteiger partial charge in [0.1, 0.15) is 0 Å². The van der Waals surface area contributed by atoms with Gasteiger partial charge in [-0.05, 0) is 32.1 Å². The highest BCUT2D eigenvalue weighted by atomic mass is 16.4. The molecular weight excluding hydrogens is 200 g/mol. The Balaban J connectivity index is 3.33. The lowest BCUT2D eigenvalue weighted by Crippen LogP contribution is -1.92. The van der Waals surface area contributed by atoms with E-state index in [-0.39, 0.29) is 6.42 Å². The van der Waals surface area contributed by atoms with Crippen molar-refractivity contribution in [3.05, 3.63) is 36.5 Å². The summed E-state index contributed by atoms with van der Waals surface area (Å²) in [5.41, 5.74) is 0. The van der Waals surface area contributed by atoms with Crippen LogP contribution in [-0.2, 0) is 4.79 Å². The lowest BCUT2D eigenvalue weighted by molar-refractivity contribution is -0.137. The summed E-state index contributed by atoms with van der Waals surface area (Å²) >= 11 is 0. The van der Waals surface area contributed by atoms with Gasteiger partial charge in [0.25, 0.3) is 0 Å². The van der Waals surface area contributed by atoms with Gasteiger partial charge in [0, 0.05) is 6.42 Å². The summed E-state index contributed by atoms with van der Waals surface area (Å²) in [6.07, 6.45) is 17.6. The topological polar surface area (TPSA) is 37.3 Å². The fourth-order valence-corrected chi connectivity index (χ4v) is 1.20. The van der Waals surface area contributed by atoms with Crippen molar-refractivity contribution in [1.82, 2.24) is 0 Å².